The molecule has 0 aromatic heterocycles. The molecule has 2 aromatic rings. The minimum atomic E-state index is -1.15. The largest absolute Gasteiger partial charge is 0.480 e. The van der Waals surface area contributed by atoms with E-state index in [1.165, 1.54) is 21.6 Å². The molecule has 0 saturated carbocycles. The lowest BCUT2D eigenvalue weighted by atomic mass is 10.1. The molecule has 218 valence electrons. The summed E-state index contributed by atoms with van der Waals surface area (Å²) in [7, 11) is 3.01. The van der Waals surface area contributed by atoms with Crippen molar-refractivity contribution in [1.82, 2.24) is 10.6 Å². The van der Waals surface area contributed by atoms with Crippen LogP contribution in [0.3, 0.4) is 0 Å². The molecule has 12 heteroatoms. The molecule has 0 saturated heterocycles. The number of nitrogens with one attached hydrogen (secondary N) is 2. The first kappa shape index (κ1) is 32.8. The van der Waals surface area contributed by atoms with Crippen LogP contribution in [0.15, 0.2) is 58.3 Å². The van der Waals surface area contributed by atoms with Gasteiger partial charge in [-0.1, -0.05) is 45.9 Å². The van der Waals surface area contributed by atoms with Crippen molar-refractivity contribution in [2.75, 3.05) is 0 Å². The number of amides is 2. The quantitative estimate of drug-likeness (QED) is 0.245. The Hall–Kier alpha value is -3.38. The van der Waals surface area contributed by atoms with Gasteiger partial charge in [-0.2, -0.15) is 0 Å². The molecule has 0 radical (unpaired) electrons. The fraction of sp³-hybridized carbons (Fsp3) is 0.429. The van der Waals surface area contributed by atoms with Crippen LogP contribution in [-0.2, 0) is 31.9 Å². The van der Waals surface area contributed by atoms with Gasteiger partial charge in [0.15, 0.2) is 0 Å². The summed E-state index contributed by atoms with van der Waals surface area (Å²) in [6, 6.07) is 12.5. The maximum atomic E-state index is 12.0. The summed E-state index contributed by atoms with van der Waals surface area (Å²) >= 11 is 0. The second-order valence-electron chi connectivity index (χ2n) is 10.9. The van der Waals surface area contributed by atoms with Gasteiger partial charge in [-0.05, 0) is 76.9 Å². The van der Waals surface area contributed by atoms with Crippen LogP contribution in [0.1, 0.15) is 52.7 Å². The van der Waals surface area contributed by atoms with Gasteiger partial charge in [0, 0.05) is 22.6 Å². The van der Waals surface area contributed by atoms with E-state index in [2.05, 4.69) is 10.6 Å². The number of benzene rings is 2. The lowest BCUT2D eigenvalue weighted by Crippen LogP contribution is -2.44. The number of ether oxygens (including phenoxy) is 2. The van der Waals surface area contributed by atoms with Crippen molar-refractivity contribution in [3.63, 3.8) is 0 Å². The normalized spacial score (nSPS) is 13.1. The van der Waals surface area contributed by atoms with Crippen LogP contribution < -0.4 is 10.6 Å². The first-order valence-corrected chi connectivity index (χ1v) is 14.6. The lowest BCUT2D eigenvalue weighted by molar-refractivity contribution is -0.140. The van der Waals surface area contributed by atoms with Crippen LogP contribution in [0.2, 0.25) is 0 Å². The Bertz CT molecular complexity index is 1080. The second-order valence-corrected chi connectivity index (χ2v) is 13.2. The van der Waals surface area contributed by atoms with E-state index < -0.39 is 47.4 Å². The average Bonchev–Trinajstić information content (AvgIpc) is 2.81. The topological polar surface area (TPSA) is 151 Å². The molecule has 0 bridgehead atoms. The number of hydrogen-bond donors (Lipinski definition) is 4. The third kappa shape index (κ3) is 12.6. The molecule has 0 fully saturated rings. The average molecular weight is 593 g/mol. The van der Waals surface area contributed by atoms with Crippen molar-refractivity contribution in [3.05, 3.63) is 59.7 Å². The Balaban J connectivity index is 1.91. The fourth-order valence-corrected chi connectivity index (χ4v) is 5.16. The highest BCUT2D eigenvalue weighted by molar-refractivity contribution is 8.76. The van der Waals surface area contributed by atoms with Crippen molar-refractivity contribution in [3.8, 4) is 0 Å². The van der Waals surface area contributed by atoms with Gasteiger partial charge in [0.2, 0.25) is 0 Å². The van der Waals surface area contributed by atoms with E-state index in [0.717, 1.165) is 20.9 Å². The highest BCUT2D eigenvalue weighted by Crippen LogP contribution is 2.37. The number of carbonyl (C=O) groups excluding carboxylic acids is 2. The summed E-state index contributed by atoms with van der Waals surface area (Å²) in [6.45, 7) is 10.2. The molecule has 0 aliphatic heterocycles. The van der Waals surface area contributed by atoms with Crippen molar-refractivity contribution in [1.29, 1.82) is 0 Å². The smallest absolute Gasteiger partial charge is 0.408 e. The van der Waals surface area contributed by atoms with Gasteiger partial charge in [0.05, 0.1) is 0 Å². The molecule has 2 atom stereocenters. The zero-order valence-corrected chi connectivity index (χ0v) is 25.0. The van der Waals surface area contributed by atoms with Gasteiger partial charge in [0.1, 0.15) is 23.3 Å². The molecule has 2 amide bonds. The van der Waals surface area contributed by atoms with Crippen molar-refractivity contribution >= 4 is 45.7 Å². The van der Waals surface area contributed by atoms with E-state index in [-0.39, 0.29) is 12.8 Å². The Labute approximate surface area is 242 Å². The van der Waals surface area contributed by atoms with Crippen molar-refractivity contribution < 1.29 is 38.9 Å². The van der Waals surface area contributed by atoms with Crippen LogP contribution in [0.5, 0.6) is 0 Å². The molecule has 0 aliphatic rings. The van der Waals surface area contributed by atoms with Gasteiger partial charge in [0.25, 0.3) is 0 Å². The number of carboxylic acid groups (broad SMARTS) is 2. The third-order valence-electron chi connectivity index (χ3n) is 4.94. The Kier molecular flexibility index (Phi) is 11.7. The summed E-state index contributed by atoms with van der Waals surface area (Å²) in [4.78, 5) is 49.1. The van der Waals surface area contributed by atoms with Gasteiger partial charge in [-0.25, -0.2) is 19.2 Å². The maximum absolute atomic E-state index is 12.0. The van der Waals surface area contributed by atoms with Gasteiger partial charge >= 0.3 is 24.1 Å². The maximum Gasteiger partial charge on any atom is 0.408 e. The molecule has 0 heterocycles. The molecule has 0 aliphatic carbocycles. The van der Waals surface area contributed by atoms with E-state index in [0.29, 0.717) is 0 Å². The Morgan fingerprint density at radius 2 is 0.950 bits per heavy atom. The number of aliphatic carboxylic acids is 2. The standard InChI is InChI=1S/C28H36N2O8S2/c1-27(2,3)37-25(35)29-21(23(31)32)15-17-7-11-19(12-8-17)39-40-20-13-9-18(10-14-20)16-22(24(33)34)30-26(36)38-28(4,5)6/h7-14,21-22H,15-16H2,1-6H3,(H,29,35)(H,30,36)(H,31,32)(H,33,34)/t21-,22-/m0/s1. The summed E-state index contributed by atoms with van der Waals surface area (Å²) in [5, 5.41) is 23.8. The summed E-state index contributed by atoms with van der Waals surface area (Å²) in [6.07, 6.45) is -1.36. The summed E-state index contributed by atoms with van der Waals surface area (Å²) < 4.78 is 10.3. The van der Waals surface area contributed by atoms with E-state index in [1.807, 2.05) is 48.5 Å². The Morgan fingerprint density at radius 1 is 0.650 bits per heavy atom. The van der Waals surface area contributed by atoms with Gasteiger partial charge in [-0.15, -0.1) is 0 Å². The molecule has 0 spiro atoms. The van der Waals surface area contributed by atoms with Crippen LogP contribution in [0.25, 0.3) is 0 Å². The lowest BCUT2D eigenvalue weighted by Gasteiger charge is -2.22. The highest BCUT2D eigenvalue weighted by Gasteiger charge is 2.25. The predicted molar refractivity (Wildman–Crippen MR) is 154 cm³/mol. The highest BCUT2D eigenvalue weighted by atomic mass is 33.1. The van der Waals surface area contributed by atoms with E-state index in [1.54, 1.807) is 41.5 Å². The first-order valence-electron chi connectivity index (χ1n) is 12.5. The summed E-state index contributed by atoms with van der Waals surface area (Å²) in [5.74, 6) is -2.31. The number of carbonyl (C=O) groups is 4. The van der Waals surface area contributed by atoms with Crippen LogP contribution in [0.4, 0.5) is 9.59 Å². The second kappa shape index (κ2) is 14.3. The van der Waals surface area contributed by atoms with E-state index in [4.69, 9.17) is 9.47 Å². The number of rotatable bonds is 11. The molecule has 4 N–H and O–H groups in total. The minimum Gasteiger partial charge on any atom is -0.480 e. The SMILES string of the molecule is CC(C)(C)OC(=O)N[C@@H](Cc1ccc(SSc2ccc(C[C@H](NC(=O)OC(C)(C)C)C(=O)O)cc2)cc1)C(=O)O. The number of hydrogen-bond acceptors (Lipinski definition) is 8. The Morgan fingerprint density at radius 3 is 1.20 bits per heavy atom. The summed E-state index contributed by atoms with van der Waals surface area (Å²) in [5.41, 5.74) is 0.0265. The van der Waals surface area contributed by atoms with E-state index >= 15 is 0 Å². The molecule has 2 rings (SSSR count). The molecule has 0 unspecified atom stereocenters. The van der Waals surface area contributed by atoms with Crippen molar-refractivity contribution in [2.45, 2.75) is 87.5 Å². The van der Waals surface area contributed by atoms with Crippen LogP contribution in [0, 0.1) is 0 Å². The number of alkyl carbamates (subject to hydrolysis) is 2. The van der Waals surface area contributed by atoms with Gasteiger partial charge in [-0.3, -0.25) is 0 Å². The number of carboxylic acids is 2. The molecule has 10 nitrogen and oxygen atoms in total. The molecular formula is C28H36N2O8S2. The molecule has 2 aromatic carbocycles. The van der Waals surface area contributed by atoms with E-state index in [9.17, 15) is 29.4 Å². The van der Waals surface area contributed by atoms with Crippen molar-refractivity contribution in [2.24, 2.45) is 0 Å². The van der Waals surface area contributed by atoms with Gasteiger partial charge < -0.3 is 30.3 Å². The third-order valence-corrected chi connectivity index (χ3v) is 7.36. The molecular weight excluding hydrogens is 556 g/mol. The minimum absolute atomic E-state index is 0.105. The van der Waals surface area contributed by atoms with Crippen LogP contribution >= 0.6 is 21.6 Å². The predicted octanol–water partition coefficient (Wildman–Crippen LogP) is 5.53. The first-order chi connectivity index (χ1) is 18.5. The monoisotopic (exact) mass is 592 g/mol. The van der Waals surface area contributed by atoms with Crippen LogP contribution in [-0.4, -0.2) is 57.6 Å². The fourth-order valence-electron chi connectivity index (χ4n) is 3.23. The molecule has 40 heavy (non-hydrogen) atoms. The zero-order valence-electron chi connectivity index (χ0n) is 23.3. The zero-order chi connectivity index (χ0) is 30.1.